The quantitative estimate of drug-likeness (QED) is 0.578. The molecule has 0 saturated carbocycles. The van der Waals surface area contributed by atoms with E-state index in [1.165, 1.54) is 0 Å². The van der Waals surface area contributed by atoms with Crippen molar-refractivity contribution in [2.75, 3.05) is 12.4 Å². The number of aliphatic hydroxyl groups excluding tert-OH is 1. The normalized spacial score (nSPS) is 10.3. The van der Waals surface area contributed by atoms with Crippen LogP contribution in [0, 0.1) is 13.8 Å². The molecule has 2 aromatic heterocycles. The Morgan fingerprint density at radius 1 is 0.885 bits per heavy atom. The second-order valence-corrected chi connectivity index (χ2v) is 5.87. The molecule has 2 aromatic carbocycles. The SMILES string of the molecule is CO.Cc1cc(C)c2c(-c3ccccc3)nc(Nc3ccccc3)n2n1. The van der Waals surface area contributed by atoms with Gasteiger partial charge < -0.3 is 10.4 Å². The topological polar surface area (TPSA) is 62.5 Å². The van der Waals surface area contributed by atoms with E-state index in [4.69, 9.17) is 10.1 Å². The molecule has 0 aliphatic heterocycles. The summed E-state index contributed by atoms with van der Waals surface area (Å²) < 4.78 is 1.90. The number of hydrogen-bond acceptors (Lipinski definition) is 4. The highest BCUT2D eigenvalue weighted by atomic mass is 16.2. The van der Waals surface area contributed by atoms with Crippen LogP contribution in [0.25, 0.3) is 16.8 Å². The van der Waals surface area contributed by atoms with Crippen LogP contribution in [-0.2, 0) is 0 Å². The van der Waals surface area contributed by atoms with Crippen LogP contribution in [0.5, 0.6) is 0 Å². The van der Waals surface area contributed by atoms with Gasteiger partial charge in [0.1, 0.15) is 5.69 Å². The van der Waals surface area contributed by atoms with Crippen molar-refractivity contribution in [3.8, 4) is 11.3 Å². The van der Waals surface area contributed by atoms with E-state index in [1.807, 2.05) is 60.0 Å². The smallest absolute Gasteiger partial charge is 0.229 e. The molecule has 0 spiro atoms. The van der Waals surface area contributed by atoms with Gasteiger partial charge >= 0.3 is 0 Å². The molecule has 0 bridgehead atoms. The molecule has 2 heterocycles. The zero-order valence-electron chi connectivity index (χ0n) is 15.1. The van der Waals surface area contributed by atoms with Gasteiger partial charge in [-0.1, -0.05) is 48.5 Å². The van der Waals surface area contributed by atoms with Crippen LogP contribution in [0.15, 0.2) is 66.7 Å². The monoisotopic (exact) mass is 346 g/mol. The van der Waals surface area contributed by atoms with E-state index in [2.05, 4.69) is 35.5 Å². The number of benzene rings is 2. The molecule has 0 unspecified atom stereocenters. The summed E-state index contributed by atoms with van der Waals surface area (Å²) in [5, 5.41) is 15.1. The zero-order chi connectivity index (χ0) is 18.5. The number of anilines is 2. The summed E-state index contributed by atoms with van der Waals surface area (Å²) in [4.78, 5) is 4.85. The summed E-state index contributed by atoms with van der Waals surface area (Å²) >= 11 is 0. The second-order valence-electron chi connectivity index (χ2n) is 5.87. The van der Waals surface area contributed by atoms with Gasteiger partial charge in [0.15, 0.2) is 0 Å². The lowest BCUT2D eigenvalue weighted by Crippen LogP contribution is -2.02. The first-order chi connectivity index (χ1) is 12.7. The van der Waals surface area contributed by atoms with E-state index >= 15 is 0 Å². The lowest BCUT2D eigenvalue weighted by molar-refractivity contribution is 0.399. The van der Waals surface area contributed by atoms with Crippen LogP contribution in [0.3, 0.4) is 0 Å². The fourth-order valence-corrected chi connectivity index (χ4v) is 2.96. The predicted molar refractivity (Wildman–Crippen MR) is 106 cm³/mol. The minimum atomic E-state index is 0.724. The molecule has 0 radical (unpaired) electrons. The zero-order valence-corrected chi connectivity index (χ0v) is 15.1. The Bertz CT molecular complexity index is 995. The van der Waals surface area contributed by atoms with Crippen LogP contribution in [0.4, 0.5) is 11.6 Å². The van der Waals surface area contributed by atoms with Gasteiger partial charge in [-0.15, -0.1) is 0 Å². The Morgan fingerprint density at radius 2 is 1.50 bits per heavy atom. The Labute approximate surface area is 153 Å². The van der Waals surface area contributed by atoms with Gasteiger partial charge in [-0.05, 0) is 37.6 Å². The number of aryl methyl sites for hydroxylation is 2. The van der Waals surface area contributed by atoms with Crippen molar-refractivity contribution >= 4 is 17.2 Å². The molecule has 0 atom stereocenters. The largest absolute Gasteiger partial charge is 0.400 e. The van der Waals surface area contributed by atoms with Crippen LogP contribution in [0.2, 0.25) is 0 Å². The average molecular weight is 346 g/mol. The van der Waals surface area contributed by atoms with E-state index in [1.54, 1.807) is 0 Å². The van der Waals surface area contributed by atoms with Crippen molar-refractivity contribution in [3.05, 3.63) is 78.0 Å². The number of aromatic nitrogens is 3. The van der Waals surface area contributed by atoms with Crippen LogP contribution in [-0.4, -0.2) is 26.8 Å². The van der Waals surface area contributed by atoms with E-state index in [-0.39, 0.29) is 0 Å². The summed E-state index contributed by atoms with van der Waals surface area (Å²) in [7, 11) is 1.00. The van der Waals surface area contributed by atoms with Crippen molar-refractivity contribution < 1.29 is 5.11 Å². The van der Waals surface area contributed by atoms with E-state index in [0.717, 1.165) is 46.8 Å². The first kappa shape index (κ1) is 17.6. The third kappa shape index (κ3) is 3.43. The standard InChI is InChI=1S/C20H18N4.CH4O/c1-14-13-15(2)23-24-19(14)18(16-9-5-3-6-10-16)22-20(24)21-17-11-7-4-8-12-17;1-2/h3-13H,1-2H3,(H,21,22);2H,1H3. The summed E-state index contributed by atoms with van der Waals surface area (Å²) in [5.41, 5.74) is 6.18. The molecule has 0 aliphatic rings. The van der Waals surface area contributed by atoms with Gasteiger partial charge in [-0.2, -0.15) is 9.61 Å². The van der Waals surface area contributed by atoms with E-state index in [9.17, 15) is 0 Å². The highest BCUT2D eigenvalue weighted by Gasteiger charge is 2.16. The summed E-state index contributed by atoms with van der Waals surface area (Å²) in [6.45, 7) is 4.10. The van der Waals surface area contributed by atoms with Gasteiger partial charge in [0.25, 0.3) is 0 Å². The minimum absolute atomic E-state index is 0.724. The molecule has 4 rings (SSSR count). The molecule has 2 N–H and O–H groups in total. The Balaban J connectivity index is 0.000000948. The second kappa shape index (κ2) is 7.80. The van der Waals surface area contributed by atoms with Crippen molar-refractivity contribution in [1.29, 1.82) is 0 Å². The highest BCUT2D eigenvalue weighted by Crippen LogP contribution is 2.30. The number of imidazole rings is 1. The van der Waals surface area contributed by atoms with Gasteiger partial charge in [0.05, 0.1) is 11.2 Å². The molecule has 0 aliphatic carbocycles. The fraction of sp³-hybridized carbons (Fsp3) is 0.143. The van der Waals surface area contributed by atoms with Crippen LogP contribution < -0.4 is 5.32 Å². The molecule has 26 heavy (non-hydrogen) atoms. The van der Waals surface area contributed by atoms with Crippen molar-refractivity contribution in [2.24, 2.45) is 0 Å². The molecule has 0 amide bonds. The highest BCUT2D eigenvalue weighted by molar-refractivity contribution is 5.82. The molecule has 5 nitrogen and oxygen atoms in total. The lowest BCUT2D eigenvalue weighted by atomic mass is 10.1. The molecule has 0 fully saturated rings. The van der Waals surface area contributed by atoms with E-state index in [0.29, 0.717) is 0 Å². The molecule has 0 saturated heterocycles. The number of hydrogen-bond donors (Lipinski definition) is 2. The van der Waals surface area contributed by atoms with Gasteiger partial charge in [-0.3, -0.25) is 0 Å². The maximum Gasteiger partial charge on any atom is 0.229 e. The molecular formula is C21H22N4O. The van der Waals surface area contributed by atoms with Crippen LogP contribution in [0.1, 0.15) is 11.3 Å². The minimum Gasteiger partial charge on any atom is -0.400 e. The summed E-state index contributed by atoms with van der Waals surface area (Å²) in [6.07, 6.45) is 0. The first-order valence-electron chi connectivity index (χ1n) is 8.41. The lowest BCUT2D eigenvalue weighted by Gasteiger charge is -2.06. The molecular weight excluding hydrogens is 324 g/mol. The predicted octanol–water partition coefficient (Wildman–Crippen LogP) is 4.37. The average Bonchev–Trinajstić information content (AvgIpc) is 3.03. The van der Waals surface area contributed by atoms with Gasteiger partial charge in [0.2, 0.25) is 5.95 Å². The van der Waals surface area contributed by atoms with Gasteiger partial charge in [-0.25, -0.2) is 4.98 Å². The van der Waals surface area contributed by atoms with Gasteiger partial charge in [0, 0.05) is 18.4 Å². The third-order valence-electron chi connectivity index (χ3n) is 3.99. The molecule has 4 aromatic rings. The Morgan fingerprint density at radius 3 is 2.15 bits per heavy atom. The summed E-state index contributed by atoms with van der Waals surface area (Å²) in [6, 6.07) is 22.4. The van der Waals surface area contributed by atoms with Crippen LogP contribution >= 0.6 is 0 Å². The summed E-state index contributed by atoms with van der Waals surface area (Å²) in [5.74, 6) is 0.724. The number of fused-ring (bicyclic) bond motifs is 1. The number of aliphatic hydroxyl groups is 1. The first-order valence-corrected chi connectivity index (χ1v) is 8.41. The van der Waals surface area contributed by atoms with Crippen molar-refractivity contribution in [3.63, 3.8) is 0 Å². The maximum atomic E-state index is 7.00. The number of rotatable bonds is 3. The molecule has 132 valence electrons. The number of para-hydroxylation sites is 1. The van der Waals surface area contributed by atoms with Crippen molar-refractivity contribution in [1.82, 2.24) is 14.6 Å². The maximum absolute atomic E-state index is 7.00. The number of nitrogens with one attached hydrogen (secondary N) is 1. The third-order valence-corrected chi connectivity index (χ3v) is 3.99. The fourth-order valence-electron chi connectivity index (χ4n) is 2.96. The molecule has 5 heteroatoms. The Hall–Kier alpha value is -3.18. The van der Waals surface area contributed by atoms with E-state index < -0.39 is 0 Å². The number of nitrogens with zero attached hydrogens (tertiary/aromatic N) is 3. The van der Waals surface area contributed by atoms with Crippen molar-refractivity contribution in [2.45, 2.75) is 13.8 Å². The Kier molecular flexibility index (Phi) is 5.29.